The predicted octanol–water partition coefficient (Wildman–Crippen LogP) is 2.01. The summed E-state index contributed by atoms with van der Waals surface area (Å²) >= 11 is 1.28. The first-order valence-corrected chi connectivity index (χ1v) is 10.1. The van der Waals surface area contributed by atoms with Gasteiger partial charge in [0.15, 0.2) is 0 Å². The lowest BCUT2D eigenvalue weighted by molar-refractivity contribution is 0.155. The van der Waals surface area contributed by atoms with Crippen molar-refractivity contribution in [1.29, 1.82) is 0 Å². The molecule has 1 atom stereocenters. The Hall–Kier alpha value is -1.81. The first-order chi connectivity index (χ1) is 11.9. The molecule has 0 radical (unpaired) electrons. The third-order valence-corrected chi connectivity index (χ3v) is 7.40. The lowest BCUT2D eigenvalue weighted by Gasteiger charge is -2.22. The van der Waals surface area contributed by atoms with Gasteiger partial charge in [-0.25, -0.2) is 8.42 Å². The van der Waals surface area contributed by atoms with E-state index >= 15 is 0 Å². The van der Waals surface area contributed by atoms with Gasteiger partial charge in [-0.1, -0.05) is 5.16 Å². The van der Waals surface area contributed by atoms with Crippen molar-refractivity contribution < 1.29 is 18.7 Å². The monoisotopic (exact) mass is 381 g/mol. The molecule has 1 unspecified atom stereocenters. The van der Waals surface area contributed by atoms with Crippen LogP contribution in [0.15, 0.2) is 40.0 Å². The van der Waals surface area contributed by atoms with Crippen LogP contribution in [0.3, 0.4) is 0 Å². The maximum absolute atomic E-state index is 12.9. The molecule has 134 valence electrons. The summed E-state index contributed by atoms with van der Waals surface area (Å²) < 4.78 is 27.0. The van der Waals surface area contributed by atoms with Crippen molar-refractivity contribution in [2.75, 3.05) is 13.6 Å². The number of likely N-dealkylation sites (N-methyl/N-ethyl adjacent to an activating group) is 1. The van der Waals surface area contributed by atoms with Crippen molar-refractivity contribution in [3.05, 3.63) is 45.9 Å². The summed E-state index contributed by atoms with van der Waals surface area (Å²) in [5, 5.41) is 24.3. The molecule has 7 nitrogen and oxygen atoms in total. The zero-order chi connectivity index (χ0) is 18.0. The molecule has 0 spiro atoms. The lowest BCUT2D eigenvalue weighted by Crippen LogP contribution is -2.31. The highest BCUT2D eigenvalue weighted by molar-refractivity contribution is 7.89. The molecule has 0 bridgehead atoms. The molecular formula is C16H19N3O4S2. The molecule has 0 aromatic carbocycles. The van der Waals surface area contributed by atoms with E-state index in [-0.39, 0.29) is 11.4 Å². The maximum Gasteiger partial charge on any atom is 0.244 e. The van der Waals surface area contributed by atoms with Crippen molar-refractivity contribution in [1.82, 2.24) is 9.29 Å². The molecule has 0 saturated heterocycles. The molecule has 25 heavy (non-hydrogen) atoms. The molecule has 0 saturated carbocycles. The number of hydrogen-bond acceptors (Lipinski definition) is 7. The molecule has 9 heteroatoms. The van der Waals surface area contributed by atoms with Gasteiger partial charge < -0.3 is 10.3 Å². The van der Waals surface area contributed by atoms with E-state index in [0.29, 0.717) is 29.7 Å². The largest absolute Gasteiger partial charge is 0.411 e. The van der Waals surface area contributed by atoms with Crippen molar-refractivity contribution in [3.63, 3.8) is 0 Å². The average molecular weight is 381 g/mol. The molecule has 2 heterocycles. The number of aliphatic hydroxyl groups excluding tert-OH is 1. The second-order valence-electron chi connectivity index (χ2n) is 5.89. The van der Waals surface area contributed by atoms with Gasteiger partial charge in [-0.2, -0.15) is 4.31 Å². The minimum atomic E-state index is -3.74. The van der Waals surface area contributed by atoms with Gasteiger partial charge in [-0.15, -0.1) is 11.3 Å². The van der Waals surface area contributed by atoms with E-state index in [1.165, 1.54) is 18.4 Å². The van der Waals surface area contributed by atoms with E-state index in [0.717, 1.165) is 15.6 Å². The van der Waals surface area contributed by atoms with Gasteiger partial charge in [-0.3, -0.25) is 4.98 Å². The highest BCUT2D eigenvalue weighted by atomic mass is 32.2. The van der Waals surface area contributed by atoms with Crippen LogP contribution in [0.2, 0.25) is 0 Å². The third-order valence-electron chi connectivity index (χ3n) is 4.29. The molecule has 1 aliphatic rings. The molecule has 2 N–H and O–H groups in total. The predicted molar refractivity (Wildman–Crippen MR) is 94.6 cm³/mol. The van der Waals surface area contributed by atoms with Crippen LogP contribution >= 0.6 is 11.3 Å². The van der Waals surface area contributed by atoms with Crippen molar-refractivity contribution in [2.45, 2.75) is 30.3 Å². The van der Waals surface area contributed by atoms with Crippen molar-refractivity contribution >= 4 is 27.1 Å². The SMILES string of the molecule is CN(CC(O)c1ccncc1)S(=O)(=O)c1csc2c1CCC/C2=N/O. The Kier molecular flexibility index (Phi) is 5.19. The van der Waals surface area contributed by atoms with Crippen LogP contribution < -0.4 is 0 Å². The van der Waals surface area contributed by atoms with Crippen LogP contribution in [-0.2, 0) is 16.4 Å². The Morgan fingerprint density at radius 2 is 2.08 bits per heavy atom. The fraction of sp³-hybridized carbons (Fsp3) is 0.375. The topological polar surface area (TPSA) is 103 Å². The van der Waals surface area contributed by atoms with E-state index in [1.807, 2.05) is 0 Å². The first-order valence-electron chi connectivity index (χ1n) is 7.81. The second-order valence-corrected chi connectivity index (χ2v) is 8.78. The average Bonchev–Trinajstić information content (AvgIpc) is 3.07. The number of sulfonamides is 1. The van der Waals surface area contributed by atoms with E-state index in [1.54, 1.807) is 29.9 Å². The summed E-state index contributed by atoms with van der Waals surface area (Å²) in [6.07, 6.45) is 4.19. The minimum Gasteiger partial charge on any atom is -0.411 e. The molecule has 1 aliphatic carbocycles. The van der Waals surface area contributed by atoms with E-state index in [2.05, 4.69) is 10.1 Å². The summed E-state index contributed by atoms with van der Waals surface area (Å²) in [7, 11) is -2.29. The fourth-order valence-corrected chi connectivity index (χ4v) is 5.79. The maximum atomic E-state index is 12.9. The zero-order valence-corrected chi connectivity index (χ0v) is 15.3. The number of aliphatic hydroxyl groups is 1. The van der Waals surface area contributed by atoms with Gasteiger partial charge in [-0.05, 0) is 42.5 Å². The highest BCUT2D eigenvalue weighted by Crippen LogP contribution is 2.34. The number of nitrogens with zero attached hydrogens (tertiary/aromatic N) is 3. The number of oxime groups is 1. The van der Waals surface area contributed by atoms with Gasteiger partial charge in [0.1, 0.15) is 0 Å². The number of thiophene rings is 1. The van der Waals surface area contributed by atoms with Gasteiger partial charge in [0.05, 0.1) is 21.6 Å². The number of hydrogen-bond donors (Lipinski definition) is 2. The van der Waals surface area contributed by atoms with Crippen LogP contribution in [0.1, 0.15) is 34.9 Å². The molecule has 2 aromatic rings. The summed E-state index contributed by atoms with van der Waals surface area (Å²) in [6.45, 7) is -0.0576. The third kappa shape index (κ3) is 3.45. The smallest absolute Gasteiger partial charge is 0.244 e. The first kappa shape index (κ1) is 18.0. The zero-order valence-electron chi connectivity index (χ0n) is 13.7. The van der Waals surface area contributed by atoms with E-state index in [9.17, 15) is 13.5 Å². The lowest BCUT2D eigenvalue weighted by atomic mass is 9.98. The van der Waals surface area contributed by atoms with Gasteiger partial charge in [0.2, 0.25) is 10.0 Å². The molecular weight excluding hydrogens is 362 g/mol. The van der Waals surface area contributed by atoms with Gasteiger partial charge in [0.25, 0.3) is 0 Å². The number of aromatic nitrogens is 1. The van der Waals surface area contributed by atoms with Crippen LogP contribution in [0.25, 0.3) is 0 Å². The number of pyridine rings is 1. The Bertz CT molecular complexity index is 878. The Balaban J connectivity index is 1.86. The Morgan fingerprint density at radius 1 is 1.36 bits per heavy atom. The summed E-state index contributed by atoms with van der Waals surface area (Å²) in [6, 6.07) is 3.31. The summed E-state index contributed by atoms with van der Waals surface area (Å²) in [4.78, 5) is 4.85. The Morgan fingerprint density at radius 3 is 2.76 bits per heavy atom. The van der Waals surface area contributed by atoms with Crippen LogP contribution in [0.4, 0.5) is 0 Å². The molecule has 2 aromatic heterocycles. The van der Waals surface area contributed by atoms with Crippen LogP contribution in [0.5, 0.6) is 0 Å². The van der Waals surface area contributed by atoms with Crippen molar-refractivity contribution in [2.24, 2.45) is 5.16 Å². The summed E-state index contributed by atoms with van der Waals surface area (Å²) in [5.41, 5.74) is 1.85. The Labute approximate surface area is 150 Å². The van der Waals surface area contributed by atoms with E-state index < -0.39 is 16.1 Å². The molecule has 3 rings (SSSR count). The fourth-order valence-electron chi connectivity index (χ4n) is 2.90. The van der Waals surface area contributed by atoms with Crippen molar-refractivity contribution in [3.8, 4) is 0 Å². The molecule has 0 fully saturated rings. The highest BCUT2D eigenvalue weighted by Gasteiger charge is 2.31. The molecule has 0 amide bonds. The van der Waals surface area contributed by atoms with Crippen LogP contribution in [-0.4, -0.2) is 47.3 Å². The number of fused-ring (bicyclic) bond motifs is 1. The van der Waals surface area contributed by atoms with E-state index in [4.69, 9.17) is 5.21 Å². The standard InChI is InChI=1S/C16H19N3O4S2/c1-19(9-14(20)11-5-7-17-8-6-11)25(22,23)15-10-24-16-12(15)3-2-4-13(16)18-21/h5-8,10,14,20-21H,2-4,9H2,1H3/b18-13-. The minimum absolute atomic E-state index is 0.0576. The van der Waals surface area contributed by atoms with Crippen LogP contribution in [0, 0.1) is 0 Å². The quantitative estimate of drug-likeness (QED) is 0.609. The number of rotatable bonds is 5. The van der Waals surface area contributed by atoms with Gasteiger partial charge >= 0.3 is 0 Å². The normalized spacial score (nSPS) is 17.6. The van der Waals surface area contributed by atoms with Gasteiger partial charge in [0, 0.05) is 31.4 Å². The molecule has 0 aliphatic heterocycles. The second kappa shape index (κ2) is 7.20. The summed E-state index contributed by atoms with van der Waals surface area (Å²) in [5.74, 6) is 0.